The van der Waals surface area contributed by atoms with Crippen molar-refractivity contribution in [2.45, 2.75) is 58.5 Å². The number of hydrogen-bond acceptors (Lipinski definition) is 4. The summed E-state index contributed by atoms with van der Waals surface area (Å²) in [6.45, 7) is 11.6. The predicted molar refractivity (Wildman–Crippen MR) is 158 cm³/mol. The zero-order valence-corrected chi connectivity index (χ0v) is 24.4. The van der Waals surface area contributed by atoms with Crippen molar-refractivity contribution in [2.75, 3.05) is 32.8 Å². The van der Waals surface area contributed by atoms with Gasteiger partial charge in [-0.15, -0.1) is 0 Å². The van der Waals surface area contributed by atoms with E-state index in [4.69, 9.17) is 4.84 Å². The molecule has 0 saturated carbocycles. The van der Waals surface area contributed by atoms with Gasteiger partial charge in [0.15, 0.2) is 0 Å². The molecule has 6 nitrogen and oxygen atoms in total. The van der Waals surface area contributed by atoms with Crippen LogP contribution in [-0.4, -0.2) is 64.3 Å². The molecule has 202 valence electrons. The van der Waals surface area contributed by atoms with Gasteiger partial charge in [0, 0.05) is 52.7 Å². The molecule has 0 unspecified atom stereocenters. The second-order valence-corrected chi connectivity index (χ2v) is 11.7. The Bertz CT molecular complexity index is 1280. The van der Waals surface area contributed by atoms with E-state index in [1.54, 1.807) is 0 Å². The number of fused-ring (bicyclic) bond motifs is 1. The summed E-state index contributed by atoms with van der Waals surface area (Å²) in [7, 11) is 0. The summed E-state index contributed by atoms with van der Waals surface area (Å²) in [6, 6.07) is 16.6. The van der Waals surface area contributed by atoms with Crippen molar-refractivity contribution in [1.29, 1.82) is 0 Å². The van der Waals surface area contributed by atoms with Crippen LogP contribution in [0, 0.1) is 5.92 Å². The number of likely N-dealkylation sites (tertiary alicyclic amines) is 2. The number of halogens is 1. The van der Waals surface area contributed by atoms with Gasteiger partial charge >= 0.3 is 0 Å². The van der Waals surface area contributed by atoms with Crippen molar-refractivity contribution in [3.05, 3.63) is 70.3 Å². The van der Waals surface area contributed by atoms with E-state index >= 15 is 0 Å². The third kappa shape index (κ3) is 5.41. The third-order valence-corrected chi connectivity index (χ3v) is 9.09. The van der Waals surface area contributed by atoms with Crippen LogP contribution >= 0.6 is 15.9 Å². The quantitative estimate of drug-likeness (QED) is 0.235. The number of aryl methyl sites for hydroxylation is 1. The van der Waals surface area contributed by atoms with Crippen LogP contribution in [0.25, 0.3) is 10.9 Å². The van der Waals surface area contributed by atoms with Crippen molar-refractivity contribution >= 4 is 38.5 Å². The Hall–Kier alpha value is -2.64. The number of hydrogen-bond donors (Lipinski definition) is 0. The summed E-state index contributed by atoms with van der Waals surface area (Å²) in [6.07, 6.45) is 6.18. The lowest BCUT2D eigenvalue weighted by Crippen LogP contribution is -2.56. The SMILES string of the molecule is CCO/N=C(\c1ccc(Br)cc1)C1CCN(C2(C)CCN(C(=O)c3cn(CC)c4ccccc34)CC2)CC1. The number of oxime groups is 1. The Kier molecular flexibility index (Phi) is 8.24. The van der Waals surface area contributed by atoms with E-state index in [0.29, 0.717) is 12.5 Å². The van der Waals surface area contributed by atoms with Gasteiger partial charge < -0.3 is 14.3 Å². The van der Waals surface area contributed by atoms with Gasteiger partial charge in [0.1, 0.15) is 6.61 Å². The maximum absolute atomic E-state index is 13.6. The highest BCUT2D eigenvalue weighted by molar-refractivity contribution is 9.10. The molecule has 2 saturated heterocycles. The van der Waals surface area contributed by atoms with Gasteiger partial charge in [-0.1, -0.05) is 51.4 Å². The van der Waals surface area contributed by atoms with Gasteiger partial charge in [-0.3, -0.25) is 9.69 Å². The van der Waals surface area contributed by atoms with Gasteiger partial charge in [0.2, 0.25) is 0 Å². The standard InChI is InChI=1S/C31H39BrN4O2/c1-4-34-22-27(26-8-6-7-9-28(26)34)30(37)35-20-16-31(3,17-21-35)36-18-14-24(15-19-36)29(33-38-5-2)23-10-12-25(32)13-11-23/h6-13,22,24H,4-5,14-21H2,1-3H3/b33-29+. The zero-order chi connectivity index (χ0) is 26.7. The molecule has 7 heteroatoms. The maximum atomic E-state index is 13.6. The molecule has 5 rings (SSSR count). The maximum Gasteiger partial charge on any atom is 0.256 e. The van der Waals surface area contributed by atoms with E-state index in [2.05, 4.69) is 85.7 Å². The second kappa shape index (κ2) is 11.6. The smallest absolute Gasteiger partial charge is 0.256 e. The average Bonchev–Trinajstić information content (AvgIpc) is 3.33. The Balaban J connectivity index is 1.22. The molecule has 0 radical (unpaired) electrons. The summed E-state index contributed by atoms with van der Waals surface area (Å²) in [5.41, 5.74) is 4.30. The van der Waals surface area contributed by atoms with Gasteiger partial charge in [0.25, 0.3) is 5.91 Å². The number of benzene rings is 2. The molecule has 3 heterocycles. The third-order valence-electron chi connectivity index (χ3n) is 8.56. The van der Waals surface area contributed by atoms with Crippen molar-refractivity contribution < 1.29 is 9.63 Å². The Morgan fingerprint density at radius 3 is 2.37 bits per heavy atom. The molecule has 0 spiro atoms. The fraction of sp³-hybridized carbons (Fsp3) is 0.484. The molecule has 2 aliphatic heterocycles. The van der Waals surface area contributed by atoms with Gasteiger partial charge in [-0.2, -0.15) is 0 Å². The molecule has 0 bridgehead atoms. The Labute approximate surface area is 234 Å². The van der Waals surface area contributed by atoms with Crippen LogP contribution in [0.1, 0.15) is 62.4 Å². The Morgan fingerprint density at radius 2 is 1.71 bits per heavy atom. The first kappa shape index (κ1) is 26.9. The van der Waals surface area contributed by atoms with Gasteiger partial charge in [-0.25, -0.2) is 0 Å². The lowest BCUT2D eigenvalue weighted by atomic mass is 9.82. The lowest BCUT2D eigenvalue weighted by molar-refractivity contribution is 0.0162. The first-order valence-electron chi connectivity index (χ1n) is 14.0. The molecule has 38 heavy (non-hydrogen) atoms. The number of nitrogens with zero attached hydrogens (tertiary/aromatic N) is 4. The molecule has 2 aromatic carbocycles. The van der Waals surface area contributed by atoms with Crippen molar-refractivity contribution in [2.24, 2.45) is 11.1 Å². The molecule has 2 fully saturated rings. The van der Waals surface area contributed by atoms with Crippen LogP contribution in [0.2, 0.25) is 0 Å². The minimum Gasteiger partial charge on any atom is -0.396 e. The summed E-state index contributed by atoms with van der Waals surface area (Å²) < 4.78 is 3.25. The Morgan fingerprint density at radius 1 is 1.03 bits per heavy atom. The minimum absolute atomic E-state index is 0.119. The second-order valence-electron chi connectivity index (χ2n) is 10.8. The number of piperidine rings is 2. The van der Waals surface area contributed by atoms with Crippen molar-refractivity contribution in [3.8, 4) is 0 Å². The monoisotopic (exact) mass is 578 g/mol. The molecule has 0 atom stereocenters. The van der Waals surface area contributed by atoms with E-state index in [9.17, 15) is 4.79 Å². The highest BCUT2D eigenvalue weighted by atomic mass is 79.9. The normalized spacial score (nSPS) is 19.2. The molecule has 3 aromatic rings. The van der Waals surface area contributed by atoms with Crippen molar-refractivity contribution in [3.63, 3.8) is 0 Å². The number of carbonyl (C=O) groups excluding carboxylic acids is 1. The first-order valence-corrected chi connectivity index (χ1v) is 14.8. The fourth-order valence-corrected chi connectivity index (χ4v) is 6.43. The molecule has 0 N–H and O–H groups in total. The predicted octanol–water partition coefficient (Wildman–Crippen LogP) is 6.57. The number of amides is 1. The summed E-state index contributed by atoms with van der Waals surface area (Å²) >= 11 is 3.54. The van der Waals surface area contributed by atoms with Crippen LogP contribution in [0.15, 0.2) is 64.4 Å². The summed E-state index contributed by atoms with van der Waals surface area (Å²) in [5.74, 6) is 0.556. The molecule has 0 aliphatic carbocycles. The van der Waals surface area contributed by atoms with Crippen LogP contribution in [0.5, 0.6) is 0 Å². The fourth-order valence-electron chi connectivity index (χ4n) is 6.17. The number of para-hydroxylation sites is 1. The zero-order valence-electron chi connectivity index (χ0n) is 22.8. The number of rotatable bonds is 7. The van der Waals surface area contributed by atoms with E-state index in [1.807, 2.05) is 25.3 Å². The van der Waals surface area contributed by atoms with Crippen LogP contribution in [0.3, 0.4) is 0 Å². The lowest BCUT2D eigenvalue weighted by Gasteiger charge is -2.49. The first-order chi connectivity index (χ1) is 18.4. The van der Waals surface area contributed by atoms with Crippen molar-refractivity contribution in [1.82, 2.24) is 14.4 Å². The minimum atomic E-state index is 0.119. The summed E-state index contributed by atoms with van der Waals surface area (Å²) in [5, 5.41) is 5.61. The number of aromatic nitrogens is 1. The number of carbonyl (C=O) groups is 1. The van der Waals surface area contributed by atoms with Crippen LogP contribution in [0.4, 0.5) is 0 Å². The molecule has 1 amide bonds. The molecule has 1 aromatic heterocycles. The molecular formula is C31H39BrN4O2. The summed E-state index contributed by atoms with van der Waals surface area (Å²) in [4.78, 5) is 23.8. The van der Waals surface area contributed by atoms with E-state index in [1.165, 1.54) is 0 Å². The van der Waals surface area contributed by atoms with Gasteiger partial charge in [0.05, 0.1) is 11.3 Å². The van der Waals surface area contributed by atoms with E-state index in [-0.39, 0.29) is 11.4 Å². The topological polar surface area (TPSA) is 50.1 Å². The average molecular weight is 580 g/mol. The highest BCUT2D eigenvalue weighted by Gasteiger charge is 2.39. The van der Waals surface area contributed by atoms with Crippen LogP contribution in [-0.2, 0) is 11.4 Å². The van der Waals surface area contributed by atoms with Gasteiger partial charge in [-0.05, 0) is 83.3 Å². The van der Waals surface area contributed by atoms with E-state index in [0.717, 1.165) is 90.6 Å². The molecular weight excluding hydrogens is 540 g/mol. The largest absolute Gasteiger partial charge is 0.396 e. The van der Waals surface area contributed by atoms with Crippen LogP contribution < -0.4 is 0 Å². The highest BCUT2D eigenvalue weighted by Crippen LogP contribution is 2.35. The molecule has 2 aliphatic rings. The van der Waals surface area contributed by atoms with E-state index < -0.39 is 0 Å².